The molecule has 0 spiro atoms. The van der Waals surface area contributed by atoms with Crippen LogP contribution in [-0.4, -0.2) is 37.5 Å². The predicted octanol–water partition coefficient (Wildman–Crippen LogP) is 1.78. The lowest BCUT2D eigenvalue weighted by atomic mass is 10.2. The number of pyridine rings is 1. The summed E-state index contributed by atoms with van der Waals surface area (Å²) in [5, 5.41) is 5.44. The zero-order valence-electron chi connectivity index (χ0n) is 11.1. The second kappa shape index (κ2) is 5.90. The van der Waals surface area contributed by atoms with E-state index in [1.807, 2.05) is 0 Å². The summed E-state index contributed by atoms with van der Waals surface area (Å²) >= 11 is 0. The van der Waals surface area contributed by atoms with E-state index in [1.165, 1.54) is 0 Å². The molecule has 112 valence electrons. The highest BCUT2D eigenvalue weighted by Crippen LogP contribution is 2.22. The van der Waals surface area contributed by atoms with Gasteiger partial charge in [-0.25, -0.2) is 22.2 Å². The molecule has 2 rings (SSSR count). The minimum Gasteiger partial charge on any atom is -0.368 e. The average molecular weight is 305 g/mol. The number of hydrogen-bond acceptors (Lipinski definition) is 5. The van der Waals surface area contributed by atoms with Gasteiger partial charge in [0.1, 0.15) is 0 Å². The fraction of sp³-hybridized carbons (Fsp3) is 0.583. The summed E-state index contributed by atoms with van der Waals surface area (Å²) in [5.74, 6) is -1.66. The van der Waals surface area contributed by atoms with Gasteiger partial charge in [0.15, 0.2) is 33.1 Å². The highest BCUT2D eigenvalue weighted by Gasteiger charge is 2.26. The summed E-state index contributed by atoms with van der Waals surface area (Å²) in [6, 6.07) is 0.348. The van der Waals surface area contributed by atoms with Crippen LogP contribution in [0.4, 0.5) is 20.4 Å². The van der Waals surface area contributed by atoms with Gasteiger partial charge in [-0.15, -0.1) is 0 Å². The molecule has 0 aromatic carbocycles. The van der Waals surface area contributed by atoms with Gasteiger partial charge >= 0.3 is 0 Å². The molecule has 1 fully saturated rings. The van der Waals surface area contributed by atoms with Gasteiger partial charge in [0.05, 0.1) is 11.5 Å². The number of anilines is 2. The van der Waals surface area contributed by atoms with Crippen LogP contribution in [-0.2, 0) is 9.84 Å². The van der Waals surface area contributed by atoms with E-state index in [0.717, 1.165) is 6.07 Å². The van der Waals surface area contributed by atoms with Crippen LogP contribution in [0, 0.1) is 11.6 Å². The Bertz CT molecular complexity index is 593. The van der Waals surface area contributed by atoms with Crippen molar-refractivity contribution in [3.8, 4) is 0 Å². The zero-order chi connectivity index (χ0) is 14.8. The lowest BCUT2D eigenvalue weighted by molar-refractivity contribution is 0.553. The minimum atomic E-state index is -3.10. The van der Waals surface area contributed by atoms with Crippen LogP contribution in [0.25, 0.3) is 0 Å². The van der Waals surface area contributed by atoms with Crippen molar-refractivity contribution in [2.24, 2.45) is 0 Å². The Labute approximate surface area is 116 Å². The van der Waals surface area contributed by atoms with Crippen LogP contribution in [0.3, 0.4) is 0 Å². The third kappa shape index (κ3) is 3.56. The van der Waals surface area contributed by atoms with Crippen LogP contribution >= 0.6 is 0 Å². The monoisotopic (exact) mass is 305 g/mol. The van der Waals surface area contributed by atoms with Crippen molar-refractivity contribution in [2.45, 2.75) is 25.8 Å². The van der Waals surface area contributed by atoms with E-state index < -0.39 is 27.5 Å². The first-order valence-electron chi connectivity index (χ1n) is 6.48. The van der Waals surface area contributed by atoms with Gasteiger partial charge in [-0.1, -0.05) is 0 Å². The van der Waals surface area contributed by atoms with Crippen molar-refractivity contribution in [2.75, 3.05) is 28.7 Å². The Balaban J connectivity index is 2.18. The molecular formula is C12H17F2N3O2S. The number of hydrogen-bond donors (Lipinski definition) is 2. The van der Waals surface area contributed by atoms with Crippen LogP contribution in [0.2, 0.25) is 0 Å². The normalized spacial score (nSPS) is 21.4. The SMILES string of the molecule is CCNc1nc(NC2CCCS(=O)(=O)C2)c(F)cc1F. The summed E-state index contributed by atoms with van der Waals surface area (Å²) < 4.78 is 50.2. The number of rotatable bonds is 4. The number of aromatic nitrogens is 1. The van der Waals surface area contributed by atoms with Crippen molar-refractivity contribution in [1.29, 1.82) is 0 Å². The number of sulfone groups is 1. The summed E-state index contributed by atoms with van der Waals surface area (Å²) in [6.45, 7) is 2.22. The summed E-state index contributed by atoms with van der Waals surface area (Å²) in [7, 11) is -3.10. The first kappa shape index (κ1) is 15.0. The second-order valence-corrected chi connectivity index (χ2v) is 7.01. The van der Waals surface area contributed by atoms with Gasteiger partial charge in [0, 0.05) is 18.7 Å². The molecule has 0 saturated carbocycles. The molecule has 0 aliphatic carbocycles. The smallest absolute Gasteiger partial charge is 0.168 e. The summed E-state index contributed by atoms with van der Waals surface area (Å²) in [4.78, 5) is 3.84. The molecule has 1 saturated heterocycles. The molecule has 1 aromatic heterocycles. The molecule has 0 bridgehead atoms. The molecule has 1 unspecified atom stereocenters. The molecule has 1 aliphatic heterocycles. The van der Waals surface area contributed by atoms with Gasteiger partial charge in [0.25, 0.3) is 0 Å². The van der Waals surface area contributed by atoms with Crippen molar-refractivity contribution < 1.29 is 17.2 Å². The van der Waals surface area contributed by atoms with E-state index in [9.17, 15) is 17.2 Å². The van der Waals surface area contributed by atoms with Crippen LogP contribution in [0.1, 0.15) is 19.8 Å². The molecule has 0 radical (unpaired) electrons. The predicted molar refractivity (Wildman–Crippen MR) is 73.6 cm³/mol. The molecule has 2 heterocycles. The number of nitrogens with one attached hydrogen (secondary N) is 2. The van der Waals surface area contributed by atoms with Gasteiger partial charge < -0.3 is 10.6 Å². The maximum absolute atomic E-state index is 13.7. The molecule has 20 heavy (non-hydrogen) atoms. The Morgan fingerprint density at radius 1 is 1.35 bits per heavy atom. The van der Waals surface area contributed by atoms with E-state index in [-0.39, 0.29) is 23.1 Å². The van der Waals surface area contributed by atoms with E-state index in [0.29, 0.717) is 19.4 Å². The summed E-state index contributed by atoms with van der Waals surface area (Å²) in [6.07, 6.45) is 1.15. The van der Waals surface area contributed by atoms with Crippen molar-refractivity contribution in [1.82, 2.24) is 4.98 Å². The molecule has 8 heteroatoms. The van der Waals surface area contributed by atoms with Crippen molar-refractivity contribution in [3.05, 3.63) is 17.7 Å². The first-order chi connectivity index (χ1) is 9.41. The van der Waals surface area contributed by atoms with E-state index in [4.69, 9.17) is 0 Å². The average Bonchev–Trinajstić information content (AvgIpc) is 2.34. The molecule has 0 amide bonds. The largest absolute Gasteiger partial charge is 0.368 e. The highest BCUT2D eigenvalue weighted by molar-refractivity contribution is 7.91. The third-order valence-electron chi connectivity index (χ3n) is 3.08. The Morgan fingerprint density at radius 3 is 2.70 bits per heavy atom. The van der Waals surface area contributed by atoms with E-state index in [2.05, 4.69) is 15.6 Å². The highest BCUT2D eigenvalue weighted by atomic mass is 32.2. The topological polar surface area (TPSA) is 71.1 Å². The van der Waals surface area contributed by atoms with Crippen LogP contribution in [0.5, 0.6) is 0 Å². The standard InChI is InChI=1S/C12H17F2N3O2S/c1-2-15-11-9(13)6-10(14)12(17-11)16-8-4-3-5-20(18,19)7-8/h6,8H,2-5,7H2,1H3,(H2,15,16,17). The molecule has 1 aromatic rings. The van der Waals surface area contributed by atoms with Gasteiger partial charge in [-0.05, 0) is 19.8 Å². The first-order valence-corrected chi connectivity index (χ1v) is 8.30. The lowest BCUT2D eigenvalue weighted by Gasteiger charge is -2.24. The zero-order valence-corrected chi connectivity index (χ0v) is 11.9. The fourth-order valence-corrected chi connectivity index (χ4v) is 3.83. The van der Waals surface area contributed by atoms with E-state index in [1.54, 1.807) is 6.92 Å². The van der Waals surface area contributed by atoms with Gasteiger partial charge in [0.2, 0.25) is 0 Å². The second-order valence-electron chi connectivity index (χ2n) is 4.78. The Hall–Kier alpha value is -1.44. The molecule has 5 nitrogen and oxygen atoms in total. The third-order valence-corrected chi connectivity index (χ3v) is 4.90. The van der Waals surface area contributed by atoms with Crippen LogP contribution in [0.15, 0.2) is 6.07 Å². The minimum absolute atomic E-state index is 0.0462. The molecule has 2 N–H and O–H groups in total. The van der Waals surface area contributed by atoms with Crippen molar-refractivity contribution in [3.63, 3.8) is 0 Å². The van der Waals surface area contributed by atoms with Crippen molar-refractivity contribution >= 4 is 21.5 Å². The van der Waals surface area contributed by atoms with Gasteiger partial charge in [-0.3, -0.25) is 0 Å². The quantitative estimate of drug-likeness (QED) is 0.887. The molecule has 1 aliphatic rings. The Kier molecular flexibility index (Phi) is 4.42. The van der Waals surface area contributed by atoms with E-state index >= 15 is 0 Å². The molecular weight excluding hydrogens is 288 g/mol. The fourth-order valence-electron chi connectivity index (χ4n) is 2.19. The maximum Gasteiger partial charge on any atom is 0.168 e. The number of nitrogens with zero attached hydrogens (tertiary/aromatic N) is 1. The summed E-state index contributed by atoms with van der Waals surface area (Å²) in [5.41, 5.74) is 0. The maximum atomic E-state index is 13.7. The van der Waals surface area contributed by atoms with Gasteiger partial charge in [-0.2, -0.15) is 0 Å². The lowest BCUT2D eigenvalue weighted by Crippen LogP contribution is -2.35. The van der Waals surface area contributed by atoms with Crippen LogP contribution < -0.4 is 10.6 Å². The molecule has 1 atom stereocenters. The Morgan fingerprint density at radius 2 is 2.05 bits per heavy atom. The number of halogens is 2.